The van der Waals surface area contributed by atoms with Gasteiger partial charge in [0.25, 0.3) is 0 Å². The number of anilines is 2. The molecular weight excluding hydrogens is 379 g/mol. The van der Waals surface area contributed by atoms with E-state index in [4.69, 9.17) is 5.73 Å². The Hall–Kier alpha value is -1.75. The van der Waals surface area contributed by atoms with Crippen LogP contribution in [0.3, 0.4) is 0 Å². The van der Waals surface area contributed by atoms with Crippen molar-refractivity contribution in [3.8, 4) is 11.3 Å². The Labute approximate surface area is 175 Å². The molecule has 0 radical (unpaired) electrons. The van der Waals surface area contributed by atoms with Gasteiger partial charge in [-0.3, -0.25) is 9.57 Å². The maximum absolute atomic E-state index is 6.13. The van der Waals surface area contributed by atoms with Gasteiger partial charge in [0.05, 0.1) is 5.69 Å². The van der Waals surface area contributed by atoms with Gasteiger partial charge in [0, 0.05) is 50.4 Å². The van der Waals surface area contributed by atoms with E-state index in [1.54, 1.807) is 0 Å². The van der Waals surface area contributed by atoms with E-state index in [9.17, 15) is 0 Å². The summed E-state index contributed by atoms with van der Waals surface area (Å²) in [5.41, 5.74) is 11.0. The molecule has 2 aromatic rings. The SMILES string of the molecule is Nc1nc2c(c(N3CCN(CCCC4CN(P)C4)CC3)n1)CCc1ccccc1-2. The highest BCUT2D eigenvalue weighted by Gasteiger charge is 2.27. The van der Waals surface area contributed by atoms with Gasteiger partial charge in [0.15, 0.2) is 0 Å². The van der Waals surface area contributed by atoms with Gasteiger partial charge in [-0.15, -0.1) is 0 Å². The van der Waals surface area contributed by atoms with Crippen molar-refractivity contribution in [3.05, 3.63) is 35.4 Å². The van der Waals surface area contributed by atoms with Crippen molar-refractivity contribution in [1.82, 2.24) is 19.5 Å². The lowest BCUT2D eigenvalue weighted by Crippen LogP contribution is -2.47. The van der Waals surface area contributed by atoms with Crippen LogP contribution in [0.15, 0.2) is 24.3 Å². The molecule has 2 N–H and O–H groups in total. The molecular formula is C22H31N6P. The van der Waals surface area contributed by atoms with Crippen molar-refractivity contribution < 1.29 is 0 Å². The van der Waals surface area contributed by atoms with Crippen molar-refractivity contribution in [2.45, 2.75) is 25.7 Å². The van der Waals surface area contributed by atoms with Crippen LogP contribution in [0.25, 0.3) is 11.3 Å². The van der Waals surface area contributed by atoms with Crippen LogP contribution < -0.4 is 10.6 Å². The van der Waals surface area contributed by atoms with Gasteiger partial charge in [-0.25, -0.2) is 4.98 Å². The number of benzene rings is 1. The van der Waals surface area contributed by atoms with Gasteiger partial charge in [-0.05, 0) is 43.7 Å². The summed E-state index contributed by atoms with van der Waals surface area (Å²) in [6.07, 6.45) is 4.73. The van der Waals surface area contributed by atoms with E-state index < -0.39 is 0 Å². The Balaban J connectivity index is 1.24. The number of hydrogen-bond donors (Lipinski definition) is 1. The van der Waals surface area contributed by atoms with Crippen molar-refractivity contribution in [2.24, 2.45) is 5.92 Å². The summed E-state index contributed by atoms with van der Waals surface area (Å²) < 4.78 is 2.33. The van der Waals surface area contributed by atoms with Crippen LogP contribution in [-0.2, 0) is 12.8 Å². The van der Waals surface area contributed by atoms with E-state index in [1.165, 1.54) is 49.2 Å². The van der Waals surface area contributed by atoms with E-state index >= 15 is 0 Å². The number of aromatic nitrogens is 2. The molecule has 1 aromatic carbocycles. The summed E-state index contributed by atoms with van der Waals surface area (Å²) in [6, 6.07) is 8.57. The van der Waals surface area contributed by atoms with Crippen LogP contribution in [0.2, 0.25) is 0 Å². The van der Waals surface area contributed by atoms with E-state index in [0.717, 1.165) is 56.5 Å². The Morgan fingerprint density at radius 1 is 1.03 bits per heavy atom. The van der Waals surface area contributed by atoms with E-state index in [0.29, 0.717) is 5.95 Å². The number of nitrogens with zero attached hydrogens (tertiary/aromatic N) is 5. The van der Waals surface area contributed by atoms with Crippen molar-refractivity contribution in [3.63, 3.8) is 0 Å². The molecule has 2 fully saturated rings. The summed E-state index contributed by atoms with van der Waals surface area (Å²) in [4.78, 5) is 14.4. The third-order valence-corrected chi connectivity index (χ3v) is 7.08. The monoisotopic (exact) mass is 410 g/mol. The average molecular weight is 411 g/mol. The summed E-state index contributed by atoms with van der Waals surface area (Å²) in [5.74, 6) is 2.37. The van der Waals surface area contributed by atoms with Crippen molar-refractivity contribution in [2.75, 3.05) is 56.4 Å². The molecule has 1 atom stereocenters. The number of piperazine rings is 1. The molecule has 0 amide bonds. The normalized spacial score (nSPS) is 20.2. The van der Waals surface area contributed by atoms with Crippen LogP contribution in [-0.4, -0.2) is 65.4 Å². The van der Waals surface area contributed by atoms with Crippen molar-refractivity contribution in [1.29, 1.82) is 0 Å². The van der Waals surface area contributed by atoms with Crippen LogP contribution in [0.1, 0.15) is 24.0 Å². The molecule has 3 heterocycles. The van der Waals surface area contributed by atoms with Crippen LogP contribution in [0.5, 0.6) is 0 Å². The molecule has 154 valence electrons. The van der Waals surface area contributed by atoms with Gasteiger partial charge in [-0.2, -0.15) is 4.98 Å². The zero-order valence-electron chi connectivity index (χ0n) is 17.1. The predicted octanol–water partition coefficient (Wildman–Crippen LogP) is 2.45. The maximum Gasteiger partial charge on any atom is 0.222 e. The lowest BCUT2D eigenvalue weighted by Gasteiger charge is -2.38. The first-order valence-electron chi connectivity index (χ1n) is 10.9. The minimum absolute atomic E-state index is 0.390. The number of hydrogen-bond acceptors (Lipinski definition) is 6. The Morgan fingerprint density at radius 2 is 1.83 bits per heavy atom. The lowest BCUT2D eigenvalue weighted by molar-refractivity contribution is 0.186. The molecule has 1 aliphatic carbocycles. The quantitative estimate of drug-likeness (QED) is 0.764. The summed E-state index contributed by atoms with van der Waals surface area (Å²) in [7, 11) is 2.80. The molecule has 0 saturated carbocycles. The summed E-state index contributed by atoms with van der Waals surface area (Å²) in [5, 5.41) is 0. The molecule has 0 spiro atoms. The van der Waals surface area contributed by atoms with E-state index in [2.05, 4.69) is 58.1 Å². The highest BCUT2D eigenvalue weighted by molar-refractivity contribution is 7.13. The molecule has 29 heavy (non-hydrogen) atoms. The molecule has 2 saturated heterocycles. The number of aryl methyl sites for hydroxylation is 1. The average Bonchev–Trinajstić information content (AvgIpc) is 2.72. The van der Waals surface area contributed by atoms with Crippen LogP contribution >= 0.6 is 9.39 Å². The second-order valence-corrected chi connectivity index (χ2v) is 9.41. The second-order valence-electron chi connectivity index (χ2n) is 8.68. The molecule has 1 aromatic heterocycles. The number of rotatable bonds is 5. The van der Waals surface area contributed by atoms with Crippen LogP contribution in [0, 0.1) is 5.92 Å². The third-order valence-electron chi connectivity index (χ3n) is 6.66. The topological polar surface area (TPSA) is 61.5 Å². The second kappa shape index (κ2) is 8.17. The van der Waals surface area contributed by atoms with Gasteiger partial charge in [0.1, 0.15) is 5.82 Å². The standard InChI is InChI=1S/C22H31N6P/c23-22-24-20-18-6-2-1-5-17(18)7-8-19(20)21(25-22)27-12-10-26(11-13-27)9-3-4-16-14-28(29)15-16/h1-2,5-6,16H,3-4,7-15,29H2,(H2,23,24,25). The highest BCUT2D eigenvalue weighted by Crippen LogP contribution is 2.37. The molecule has 7 heteroatoms. The molecule has 1 unspecified atom stereocenters. The number of fused-ring (bicyclic) bond motifs is 3. The predicted molar refractivity (Wildman–Crippen MR) is 122 cm³/mol. The van der Waals surface area contributed by atoms with E-state index in [-0.39, 0.29) is 0 Å². The highest BCUT2D eigenvalue weighted by atomic mass is 31.0. The summed E-state index contributed by atoms with van der Waals surface area (Å²) >= 11 is 0. The van der Waals surface area contributed by atoms with Crippen molar-refractivity contribution >= 4 is 21.2 Å². The first-order valence-corrected chi connectivity index (χ1v) is 11.4. The van der Waals surface area contributed by atoms with Gasteiger partial charge in [0.2, 0.25) is 5.95 Å². The smallest absolute Gasteiger partial charge is 0.222 e. The maximum atomic E-state index is 6.13. The Bertz CT molecular complexity index is 874. The minimum atomic E-state index is 0.390. The lowest BCUT2D eigenvalue weighted by atomic mass is 9.89. The zero-order chi connectivity index (χ0) is 19.8. The molecule has 5 rings (SSSR count). The van der Waals surface area contributed by atoms with Gasteiger partial charge < -0.3 is 10.6 Å². The third kappa shape index (κ3) is 3.98. The van der Waals surface area contributed by atoms with Crippen LogP contribution in [0.4, 0.5) is 11.8 Å². The molecule has 2 aliphatic heterocycles. The fourth-order valence-corrected chi connectivity index (χ4v) is 5.61. The zero-order valence-corrected chi connectivity index (χ0v) is 18.2. The first-order chi connectivity index (χ1) is 14.2. The van der Waals surface area contributed by atoms with Gasteiger partial charge in [-0.1, -0.05) is 33.7 Å². The Morgan fingerprint density at radius 3 is 2.62 bits per heavy atom. The fourth-order valence-electron chi connectivity index (χ4n) is 5.01. The van der Waals surface area contributed by atoms with Gasteiger partial charge >= 0.3 is 0 Å². The Kier molecular flexibility index (Phi) is 5.42. The molecule has 3 aliphatic rings. The largest absolute Gasteiger partial charge is 0.368 e. The molecule has 6 nitrogen and oxygen atoms in total. The summed E-state index contributed by atoms with van der Waals surface area (Å²) in [6.45, 7) is 7.98. The number of nitrogen functional groups attached to an aromatic ring is 1. The van der Waals surface area contributed by atoms with E-state index in [1.807, 2.05) is 0 Å². The minimum Gasteiger partial charge on any atom is -0.368 e. The molecule has 0 bridgehead atoms. The first kappa shape index (κ1) is 19.2. The number of nitrogens with two attached hydrogens (primary N) is 1. The fraction of sp³-hybridized carbons (Fsp3) is 0.545.